The van der Waals surface area contributed by atoms with Gasteiger partial charge in [-0.05, 0) is 61.2 Å². The van der Waals surface area contributed by atoms with Crippen molar-refractivity contribution in [3.05, 3.63) is 119 Å². The van der Waals surface area contributed by atoms with Crippen LogP contribution in [0.4, 0.5) is 11.4 Å². The molecular formula is C32H28N2O5. The van der Waals surface area contributed by atoms with E-state index in [0.29, 0.717) is 36.2 Å². The third-order valence-corrected chi connectivity index (χ3v) is 6.93. The normalized spacial score (nSPS) is 14.7. The van der Waals surface area contributed by atoms with Gasteiger partial charge in [-0.3, -0.25) is 9.59 Å². The van der Waals surface area contributed by atoms with Gasteiger partial charge in [-0.2, -0.15) is 0 Å². The number of aryl methyl sites for hydroxylation is 1. The molecule has 0 saturated heterocycles. The van der Waals surface area contributed by atoms with Gasteiger partial charge in [-0.1, -0.05) is 66.2 Å². The number of carboxylic acid groups (broad SMARTS) is 1. The van der Waals surface area contributed by atoms with Crippen molar-refractivity contribution in [3.63, 3.8) is 0 Å². The van der Waals surface area contributed by atoms with Crippen LogP contribution < -0.4 is 10.2 Å². The fourth-order valence-electron chi connectivity index (χ4n) is 5.00. The molecule has 1 aliphatic rings. The van der Waals surface area contributed by atoms with Crippen LogP contribution >= 0.6 is 0 Å². The largest absolute Gasteiger partial charge is 0.478 e. The van der Waals surface area contributed by atoms with Gasteiger partial charge in [-0.15, -0.1) is 0 Å². The van der Waals surface area contributed by atoms with Crippen LogP contribution in [0, 0.1) is 6.92 Å². The number of rotatable bonds is 5. The van der Waals surface area contributed by atoms with Gasteiger partial charge in [0.05, 0.1) is 17.2 Å². The Morgan fingerprint density at radius 3 is 2.36 bits per heavy atom. The number of hydrogen-bond acceptors (Lipinski definition) is 4. The quantitative estimate of drug-likeness (QED) is 0.295. The Morgan fingerprint density at radius 2 is 1.59 bits per heavy atom. The molecule has 5 rings (SSSR count). The smallest absolute Gasteiger partial charge is 0.336 e. The third kappa shape index (κ3) is 5.30. The summed E-state index contributed by atoms with van der Waals surface area (Å²) in [6, 6.07) is 26.5. The highest BCUT2D eigenvalue weighted by atomic mass is 16.4. The molecule has 4 aromatic carbocycles. The molecule has 2 amide bonds. The maximum absolute atomic E-state index is 13.7. The number of amides is 2. The molecule has 0 fully saturated rings. The molecule has 0 aliphatic carbocycles. The van der Waals surface area contributed by atoms with Crippen molar-refractivity contribution in [2.45, 2.75) is 25.9 Å². The van der Waals surface area contributed by atoms with Crippen molar-refractivity contribution < 1.29 is 24.6 Å². The zero-order valence-corrected chi connectivity index (χ0v) is 21.4. The van der Waals surface area contributed by atoms with Gasteiger partial charge in [0.25, 0.3) is 11.8 Å². The van der Waals surface area contributed by atoms with Crippen LogP contribution in [0.2, 0.25) is 0 Å². The molecule has 0 spiro atoms. The van der Waals surface area contributed by atoms with Crippen molar-refractivity contribution in [2.24, 2.45) is 0 Å². The summed E-state index contributed by atoms with van der Waals surface area (Å²) in [5, 5.41) is 23.4. The van der Waals surface area contributed by atoms with Gasteiger partial charge in [0.1, 0.15) is 0 Å². The van der Waals surface area contributed by atoms with Crippen molar-refractivity contribution in [3.8, 4) is 11.1 Å². The van der Waals surface area contributed by atoms with Gasteiger partial charge < -0.3 is 20.4 Å². The summed E-state index contributed by atoms with van der Waals surface area (Å²) in [5.41, 5.74) is 4.31. The summed E-state index contributed by atoms with van der Waals surface area (Å²) in [6.45, 7) is 2.26. The van der Waals surface area contributed by atoms with E-state index in [2.05, 4.69) is 5.32 Å². The maximum atomic E-state index is 13.7. The van der Waals surface area contributed by atoms with Crippen molar-refractivity contribution in [2.75, 3.05) is 16.8 Å². The molecule has 1 heterocycles. The maximum Gasteiger partial charge on any atom is 0.336 e. The predicted molar refractivity (Wildman–Crippen MR) is 150 cm³/mol. The van der Waals surface area contributed by atoms with Crippen LogP contribution in [0.15, 0.2) is 91.0 Å². The third-order valence-electron chi connectivity index (χ3n) is 6.93. The van der Waals surface area contributed by atoms with Crippen LogP contribution in [0.3, 0.4) is 0 Å². The van der Waals surface area contributed by atoms with Gasteiger partial charge >= 0.3 is 5.97 Å². The first-order valence-electron chi connectivity index (χ1n) is 12.8. The summed E-state index contributed by atoms with van der Waals surface area (Å²) in [4.78, 5) is 40.7. The molecular weight excluding hydrogens is 492 g/mol. The van der Waals surface area contributed by atoms with E-state index in [-0.39, 0.29) is 16.8 Å². The lowest BCUT2D eigenvalue weighted by molar-refractivity contribution is 0.0691. The van der Waals surface area contributed by atoms with Crippen LogP contribution in [0.1, 0.15) is 61.1 Å². The van der Waals surface area contributed by atoms with E-state index in [1.807, 2.05) is 61.5 Å². The molecule has 1 unspecified atom stereocenters. The molecule has 4 aromatic rings. The number of hydrogen-bond donors (Lipinski definition) is 3. The lowest BCUT2D eigenvalue weighted by Crippen LogP contribution is -2.33. The SMILES string of the molecule is Cc1ccc2c(c1)C(O)CCCN2C(=O)c1ccc(NC(=O)c2ccccc2-c2ccccc2)cc1C(=O)O. The Balaban J connectivity index is 1.46. The van der Waals surface area contributed by atoms with E-state index < -0.39 is 23.9 Å². The Bertz CT molecular complexity index is 1560. The first-order valence-corrected chi connectivity index (χ1v) is 12.8. The lowest BCUT2D eigenvalue weighted by atomic mass is 9.99. The number of nitrogens with one attached hydrogen (secondary N) is 1. The van der Waals surface area contributed by atoms with Crippen molar-refractivity contribution >= 4 is 29.2 Å². The number of aromatic carboxylic acids is 1. The molecule has 7 heteroatoms. The van der Waals surface area contributed by atoms with Crippen LogP contribution in [0.25, 0.3) is 11.1 Å². The topological polar surface area (TPSA) is 107 Å². The van der Waals surface area contributed by atoms with E-state index in [1.165, 1.54) is 23.1 Å². The van der Waals surface area contributed by atoms with E-state index in [0.717, 1.165) is 16.7 Å². The Labute approximate surface area is 226 Å². The first-order chi connectivity index (χ1) is 18.8. The number of nitrogens with zero attached hydrogens (tertiary/aromatic N) is 1. The van der Waals surface area contributed by atoms with E-state index >= 15 is 0 Å². The van der Waals surface area contributed by atoms with Gasteiger partial charge in [-0.25, -0.2) is 4.79 Å². The second-order valence-corrected chi connectivity index (χ2v) is 9.61. The number of carboxylic acids is 1. The number of anilines is 2. The van der Waals surface area contributed by atoms with Gasteiger partial charge in [0, 0.05) is 29.0 Å². The lowest BCUT2D eigenvalue weighted by Gasteiger charge is -2.24. The number of aliphatic hydroxyl groups is 1. The zero-order chi connectivity index (χ0) is 27.5. The number of carbonyl (C=O) groups excluding carboxylic acids is 2. The van der Waals surface area contributed by atoms with Crippen molar-refractivity contribution in [1.29, 1.82) is 0 Å². The highest BCUT2D eigenvalue weighted by Crippen LogP contribution is 2.35. The highest BCUT2D eigenvalue weighted by Gasteiger charge is 2.29. The highest BCUT2D eigenvalue weighted by molar-refractivity contribution is 6.14. The number of benzene rings is 4. The molecule has 196 valence electrons. The number of fused-ring (bicyclic) bond motifs is 1. The summed E-state index contributed by atoms with van der Waals surface area (Å²) < 4.78 is 0. The molecule has 0 radical (unpaired) electrons. The minimum Gasteiger partial charge on any atom is -0.478 e. The second-order valence-electron chi connectivity index (χ2n) is 9.61. The second kappa shape index (κ2) is 10.9. The molecule has 1 atom stereocenters. The minimum absolute atomic E-state index is 0.00750. The standard InChI is InChI=1S/C32H28N2O5/c1-20-13-16-28-27(18-20)29(35)12-7-17-34(28)31(37)25-15-14-22(19-26(25)32(38)39)33-30(36)24-11-6-5-10-23(24)21-8-3-2-4-9-21/h2-6,8-11,13-16,18-19,29,35H,7,12,17H2,1H3,(H,33,36)(H,38,39). The average Bonchev–Trinajstić information content (AvgIpc) is 3.11. The number of aliphatic hydroxyl groups excluding tert-OH is 1. The van der Waals surface area contributed by atoms with E-state index in [4.69, 9.17) is 0 Å². The summed E-state index contributed by atoms with van der Waals surface area (Å²) in [5.74, 6) is -2.15. The van der Waals surface area contributed by atoms with Gasteiger partial charge in [0.15, 0.2) is 0 Å². The Hall–Kier alpha value is -4.75. The van der Waals surface area contributed by atoms with Gasteiger partial charge in [0.2, 0.25) is 0 Å². The zero-order valence-electron chi connectivity index (χ0n) is 21.4. The fraction of sp³-hybridized carbons (Fsp3) is 0.156. The number of carbonyl (C=O) groups is 3. The minimum atomic E-state index is -1.28. The van der Waals surface area contributed by atoms with E-state index in [1.54, 1.807) is 18.2 Å². The molecule has 0 saturated carbocycles. The Kier molecular flexibility index (Phi) is 7.25. The van der Waals surface area contributed by atoms with Crippen LogP contribution in [0.5, 0.6) is 0 Å². The summed E-state index contributed by atoms with van der Waals surface area (Å²) in [6.07, 6.45) is 0.368. The van der Waals surface area contributed by atoms with E-state index in [9.17, 15) is 24.6 Å². The molecule has 0 bridgehead atoms. The Morgan fingerprint density at radius 1 is 0.846 bits per heavy atom. The average molecular weight is 521 g/mol. The predicted octanol–water partition coefficient (Wildman–Crippen LogP) is 6.09. The molecule has 1 aliphatic heterocycles. The fourth-order valence-corrected chi connectivity index (χ4v) is 5.00. The van der Waals surface area contributed by atoms with Crippen LogP contribution in [-0.2, 0) is 0 Å². The molecule has 7 nitrogen and oxygen atoms in total. The molecule has 0 aromatic heterocycles. The molecule has 39 heavy (non-hydrogen) atoms. The first kappa shape index (κ1) is 25.9. The summed E-state index contributed by atoms with van der Waals surface area (Å²) in [7, 11) is 0. The van der Waals surface area contributed by atoms with Crippen LogP contribution in [-0.4, -0.2) is 34.5 Å². The molecule has 3 N–H and O–H groups in total. The monoisotopic (exact) mass is 520 g/mol. The van der Waals surface area contributed by atoms with Crippen molar-refractivity contribution in [1.82, 2.24) is 0 Å². The summed E-state index contributed by atoms with van der Waals surface area (Å²) >= 11 is 0.